The van der Waals surface area contributed by atoms with E-state index < -0.39 is 6.10 Å². The number of nitrogens with one attached hydrogen (secondary N) is 1. The molecule has 22 heavy (non-hydrogen) atoms. The van der Waals surface area contributed by atoms with E-state index in [0.717, 1.165) is 35.6 Å². The van der Waals surface area contributed by atoms with Gasteiger partial charge in [-0.2, -0.15) is 0 Å². The highest BCUT2D eigenvalue weighted by molar-refractivity contribution is 5.67. The number of ether oxygens (including phenoxy) is 2. The normalized spacial score (nSPS) is 28.7. The third-order valence-electron chi connectivity index (χ3n) is 4.75. The second kappa shape index (κ2) is 5.78. The molecule has 0 unspecified atom stereocenters. The van der Waals surface area contributed by atoms with Gasteiger partial charge in [0.05, 0.1) is 18.6 Å². The zero-order chi connectivity index (χ0) is 15.7. The van der Waals surface area contributed by atoms with Crippen molar-refractivity contribution in [2.24, 2.45) is 0 Å². The molecule has 1 aromatic carbocycles. The fraction of sp³-hybridized carbons (Fsp3) is 0.444. The Balaban J connectivity index is 2.19. The molecule has 3 atom stereocenters. The Labute approximate surface area is 131 Å². The molecule has 0 saturated heterocycles. The Kier molecular flexibility index (Phi) is 3.98. The monoisotopic (exact) mass is 301 g/mol. The van der Waals surface area contributed by atoms with Crippen molar-refractivity contribution in [3.63, 3.8) is 0 Å². The molecule has 1 aliphatic carbocycles. The van der Waals surface area contributed by atoms with E-state index in [4.69, 9.17) is 9.47 Å². The summed E-state index contributed by atoms with van der Waals surface area (Å²) >= 11 is 0. The summed E-state index contributed by atoms with van der Waals surface area (Å²) in [6.07, 6.45) is 6.82. The summed E-state index contributed by atoms with van der Waals surface area (Å²) < 4.78 is 11.7. The first kappa shape index (κ1) is 15.1. The largest absolute Gasteiger partial charge is 0.493 e. The second-order valence-corrected chi connectivity index (χ2v) is 5.93. The minimum Gasteiger partial charge on any atom is -0.493 e. The quantitative estimate of drug-likeness (QED) is 0.819. The van der Waals surface area contributed by atoms with E-state index in [-0.39, 0.29) is 11.5 Å². The summed E-state index contributed by atoms with van der Waals surface area (Å²) in [5, 5.41) is 13.2. The van der Waals surface area contributed by atoms with Gasteiger partial charge in [-0.25, -0.2) is 0 Å². The first-order valence-corrected chi connectivity index (χ1v) is 7.69. The maximum absolute atomic E-state index is 9.99. The van der Waals surface area contributed by atoms with Gasteiger partial charge in [-0.05, 0) is 31.6 Å². The highest BCUT2D eigenvalue weighted by Gasteiger charge is 2.51. The van der Waals surface area contributed by atoms with E-state index >= 15 is 0 Å². The molecule has 3 rings (SSSR count). The van der Waals surface area contributed by atoms with Gasteiger partial charge in [0.1, 0.15) is 6.10 Å². The fourth-order valence-electron chi connectivity index (χ4n) is 3.65. The average molecular weight is 301 g/mol. The van der Waals surface area contributed by atoms with E-state index in [1.807, 2.05) is 31.3 Å². The Bertz CT molecular complexity index is 611. The van der Waals surface area contributed by atoms with Gasteiger partial charge < -0.3 is 19.9 Å². The van der Waals surface area contributed by atoms with Gasteiger partial charge in [-0.1, -0.05) is 30.9 Å². The van der Waals surface area contributed by atoms with Crippen LogP contribution in [-0.2, 0) is 5.41 Å². The van der Waals surface area contributed by atoms with Crippen molar-refractivity contribution in [3.05, 3.63) is 42.0 Å². The van der Waals surface area contributed by atoms with E-state index in [1.165, 1.54) is 0 Å². The predicted octanol–water partition coefficient (Wildman–Crippen LogP) is 2.27. The van der Waals surface area contributed by atoms with E-state index in [2.05, 4.69) is 18.0 Å². The average Bonchev–Trinajstić information content (AvgIpc) is 2.86. The predicted molar refractivity (Wildman–Crippen MR) is 87.5 cm³/mol. The van der Waals surface area contributed by atoms with Crippen molar-refractivity contribution in [1.29, 1.82) is 0 Å². The van der Waals surface area contributed by atoms with Crippen LogP contribution in [-0.4, -0.2) is 38.0 Å². The third-order valence-corrected chi connectivity index (χ3v) is 4.75. The summed E-state index contributed by atoms with van der Waals surface area (Å²) in [4.78, 5) is 0. The highest BCUT2D eigenvalue weighted by Crippen LogP contribution is 2.54. The Hall–Kier alpha value is -1.78. The molecule has 1 heterocycles. The molecular formula is C18H23NO3. The van der Waals surface area contributed by atoms with Crippen molar-refractivity contribution < 1.29 is 14.6 Å². The van der Waals surface area contributed by atoms with Gasteiger partial charge in [0.25, 0.3) is 0 Å². The number of aliphatic hydroxyl groups excluding tert-OH is 1. The number of benzene rings is 1. The highest BCUT2D eigenvalue weighted by atomic mass is 16.5. The van der Waals surface area contributed by atoms with Gasteiger partial charge in [0.2, 0.25) is 0 Å². The molecule has 0 saturated carbocycles. The molecule has 0 spiro atoms. The number of methoxy groups -OCH3 is 1. The first-order chi connectivity index (χ1) is 10.7. The van der Waals surface area contributed by atoms with Crippen molar-refractivity contribution in [2.45, 2.75) is 30.5 Å². The Morgan fingerprint density at radius 3 is 3.05 bits per heavy atom. The summed E-state index contributed by atoms with van der Waals surface area (Å²) in [5.74, 6) is 1.53. The lowest BCUT2D eigenvalue weighted by Gasteiger charge is -2.36. The van der Waals surface area contributed by atoms with Gasteiger partial charge in [0, 0.05) is 12.0 Å². The summed E-state index contributed by atoms with van der Waals surface area (Å²) in [5.41, 5.74) is 1.95. The summed E-state index contributed by atoms with van der Waals surface area (Å²) in [7, 11) is 3.60. The first-order valence-electron chi connectivity index (χ1n) is 7.69. The van der Waals surface area contributed by atoms with Crippen LogP contribution in [0.25, 0.3) is 6.08 Å². The smallest absolute Gasteiger partial charge is 0.166 e. The topological polar surface area (TPSA) is 50.7 Å². The van der Waals surface area contributed by atoms with Crippen LogP contribution in [0.4, 0.5) is 0 Å². The molecule has 0 aromatic heterocycles. The van der Waals surface area contributed by atoms with Crippen LogP contribution in [0.5, 0.6) is 11.5 Å². The minimum atomic E-state index is -0.458. The fourth-order valence-corrected chi connectivity index (χ4v) is 3.65. The maximum Gasteiger partial charge on any atom is 0.166 e. The molecule has 0 amide bonds. The molecule has 4 nitrogen and oxygen atoms in total. The Morgan fingerprint density at radius 2 is 2.36 bits per heavy atom. The molecule has 2 aliphatic rings. The summed E-state index contributed by atoms with van der Waals surface area (Å²) in [6.45, 7) is 4.81. The van der Waals surface area contributed by atoms with Crippen molar-refractivity contribution in [1.82, 2.24) is 5.32 Å². The lowest BCUT2D eigenvalue weighted by molar-refractivity contribution is 0.0848. The molecule has 0 bridgehead atoms. The number of hydrogen-bond donors (Lipinski definition) is 2. The number of aliphatic hydroxyl groups is 1. The molecule has 0 radical (unpaired) electrons. The lowest BCUT2D eigenvalue weighted by atomic mass is 9.68. The maximum atomic E-state index is 9.99. The molecule has 118 valence electrons. The third kappa shape index (κ3) is 2.14. The van der Waals surface area contributed by atoms with Gasteiger partial charge >= 0.3 is 0 Å². The SMILES string of the molecule is C=Cc1ccc(OC)c2c1[C@@]1(CCNC)C=C[C@H](O)C[C@H]1O2. The standard InChI is InChI=1S/C18H23NO3/c1-4-12-5-6-14(21-3)17-16(12)18(9-10-19-2)8-7-13(20)11-15(18)22-17/h4-8,13,15,19-20H,1,9-11H2,2-3H3/t13-,15+,18+/m0/s1. The van der Waals surface area contributed by atoms with Crippen molar-refractivity contribution in [3.8, 4) is 11.5 Å². The molecular weight excluding hydrogens is 278 g/mol. The Morgan fingerprint density at radius 1 is 1.55 bits per heavy atom. The van der Waals surface area contributed by atoms with Crippen LogP contribution >= 0.6 is 0 Å². The molecule has 2 N–H and O–H groups in total. The van der Waals surface area contributed by atoms with Crippen molar-refractivity contribution >= 4 is 6.08 Å². The van der Waals surface area contributed by atoms with E-state index in [1.54, 1.807) is 7.11 Å². The van der Waals surface area contributed by atoms with Crippen LogP contribution in [0.2, 0.25) is 0 Å². The number of hydrogen-bond acceptors (Lipinski definition) is 4. The van der Waals surface area contributed by atoms with Crippen LogP contribution in [0.15, 0.2) is 30.9 Å². The number of rotatable bonds is 5. The van der Waals surface area contributed by atoms with E-state index in [9.17, 15) is 5.11 Å². The van der Waals surface area contributed by atoms with Gasteiger partial charge in [0.15, 0.2) is 11.5 Å². The molecule has 0 fully saturated rings. The molecule has 1 aliphatic heterocycles. The number of fused-ring (bicyclic) bond motifs is 3. The molecule has 1 aromatic rings. The zero-order valence-electron chi connectivity index (χ0n) is 13.1. The van der Waals surface area contributed by atoms with Crippen LogP contribution in [0, 0.1) is 0 Å². The van der Waals surface area contributed by atoms with E-state index in [0.29, 0.717) is 6.42 Å². The summed E-state index contributed by atoms with van der Waals surface area (Å²) in [6, 6.07) is 3.94. The molecule has 4 heteroatoms. The van der Waals surface area contributed by atoms with Crippen LogP contribution < -0.4 is 14.8 Å². The zero-order valence-corrected chi connectivity index (χ0v) is 13.1. The van der Waals surface area contributed by atoms with Crippen LogP contribution in [0.3, 0.4) is 0 Å². The van der Waals surface area contributed by atoms with Gasteiger partial charge in [-0.3, -0.25) is 0 Å². The van der Waals surface area contributed by atoms with Crippen LogP contribution in [0.1, 0.15) is 24.0 Å². The van der Waals surface area contributed by atoms with Crippen molar-refractivity contribution in [2.75, 3.05) is 20.7 Å². The minimum absolute atomic E-state index is 0.0779. The second-order valence-electron chi connectivity index (χ2n) is 5.93. The lowest BCUT2D eigenvalue weighted by Crippen LogP contribution is -2.43. The van der Waals surface area contributed by atoms with Gasteiger partial charge in [-0.15, -0.1) is 0 Å².